The number of hydrogen-bond donors (Lipinski definition) is 1. The highest BCUT2D eigenvalue weighted by atomic mass is 32.2. The van der Waals surface area contributed by atoms with E-state index in [4.69, 9.17) is 9.47 Å². The second kappa shape index (κ2) is 10.3. The molecule has 2 aromatic carbocycles. The third kappa shape index (κ3) is 5.79. The highest BCUT2D eigenvalue weighted by Crippen LogP contribution is 2.30. The fraction of sp³-hybridized carbons (Fsp3) is 0.348. The molecule has 3 rings (SSSR count). The molecule has 31 heavy (non-hydrogen) atoms. The fourth-order valence-corrected chi connectivity index (χ4v) is 4.01. The number of aromatic nitrogens is 3. The molecule has 3 aromatic rings. The molecule has 1 N–H and O–H groups in total. The lowest BCUT2D eigenvalue weighted by atomic mass is 10.3. The van der Waals surface area contributed by atoms with Crippen molar-refractivity contribution in [1.29, 1.82) is 0 Å². The van der Waals surface area contributed by atoms with E-state index < -0.39 is 0 Å². The van der Waals surface area contributed by atoms with Crippen molar-refractivity contribution in [3.05, 3.63) is 60.4 Å². The molecule has 1 aromatic heterocycles. The van der Waals surface area contributed by atoms with Crippen molar-refractivity contribution in [2.24, 2.45) is 0 Å². The third-order valence-corrected chi connectivity index (χ3v) is 5.69. The van der Waals surface area contributed by atoms with E-state index in [9.17, 15) is 4.79 Å². The standard InChI is InChI=1S/C23H28N4O3S/c1-15(2)27-21(16(3)30-20-13-11-19(29-5)12-14-20)25-26-23(27)31-17(4)22(28)24-18-9-7-6-8-10-18/h6-17H,1-5H3,(H,24,28). The summed E-state index contributed by atoms with van der Waals surface area (Å²) in [5.74, 6) is 2.12. The Balaban J connectivity index is 1.72. The molecule has 0 aliphatic carbocycles. The van der Waals surface area contributed by atoms with E-state index in [2.05, 4.69) is 29.4 Å². The van der Waals surface area contributed by atoms with Gasteiger partial charge >= 0.3 is 0 Å². The van der Waals surface area contributed by atoms with E-state index >= 15 is 0 Å². The van der Waals surface area contributed by atoms with Gasteiger partial charge in [0.1, 0.15) is 11.5 Å². The van der Waals surface area contributed by atoms with Crippen molar-refractivity contribution in [2.75, 3.05) is 12.4 Å². The summed E-state index contributed by atoms with van der Waals surface area (Å²) in [6.07, 6.45) is -0.314. The molecular weight excluding hydrogens is 412 g/mol. The third-order valence-electron chi connectivity index (χ3n) is 4.64. The average Bonchev–Trinajstić information content (AvgIpc) is 3.19. The van der Waals surface area contributed by atoms with Crippen LogP contribution in [0.15, 0.2) is 59.8 Å². The number of nitrogens with one attached hydrogen (secondary N) is 1. The summed E-state index contributed by atoms with van der Waals surface area (Å²) in [7, 11) is 1.63. The monoisotopic (exact) mass is 440 g/mol. The van der Waals surface area contributed by atoms with E-state index in [0.29, 0.717) is 11.0 Å². The van der Waals surface area contributed by atoms with Crippen LogP contribution < -0.4 is 14.8 Å². The van der Waals surface area contributed by atoms with E-state index in [1.54, 1.807) is 7.11 Å². The Labute approximate surface area is 187 Å². The van der Waals surface area contributed by atoms with Crippen LogP contribution in [-0.4, -0.2) is 33.0 Å². The number of nitrogens with zero attached hydrogens (tertiary/aromatic N) is 3. The number of thioether (sulfide) groups is 1. The van der Waals surface area contributed by atoms with Crippen LogP contribution in [0.1, 0.15) is 45.7 Å². The van der Waals surface area contributed by atoms with Gasteiger partial charge in [-0.15, -0.1) is 10.2 Å². The zero-order chi connectivity index (χ0) is 22.4. The highest BCUT2D eigenvalue weighted by molar-refractivity contribution is 8.00. The minimum absolute atomic E-state index is 0.0846. The van der Waals surface area contributed by atoms with E-state index in [1.165, 1.54) is 11.8 Å². The predicted molar refractivity (Wildman–Crippen MR) is 123 cm³/mol. The number of benzene rings is 2. The molecule has 0 saturated heterocycles. The molecular formula is C23H28N4O3S. The molecule has 2 unspecified atom stereocenters. The Morgan fingerprint density at radius 2 is 1.61 bits per heavy atom. The second-order valence-electron chi connectivity index (χ2n) is 7.36. The molecule has 0 spiro atoms. The van der Waals surface area contributed by atoms with Gasteiger partial charge in [-0.3, -0.25) is 4.79 Å². The smallest absolute Gasteiger partial charge is 0.237 e. The molecule has 0 bridgehead atoms. The summed E-state index contributed by atoms with van der Waals surface area (Å²) in [5, 5.41) is 12.0. The molecule has 0 saturated carbocycles. The van der Waals surface area contributed by atoms with Gasteiger partial charge in [0, 0.05) is 11.7 Å². The van der Waals surface area contributed by atoms with E-state index in [1.807, 2.05) is 73.0 Å². The normalized spacial score (nSPS) is 13.0. The number of carbonyl (C=O) groups is 1. The average molecular weight is 441 g/mol. The minimum atomic E-state index is -0.340. The number of ether oxygens (including phenoxy) is 2. The largest absolute Gasteiger partial charge is 0.497 e. The molecule has 1 amide bonds. The molecule has 0 aliphatic heterocycles. The summed E-state index contributed by atoms with van der Waals surface area (Å²) >= 11 is 1.38. The molecule has 8 heteroatoms. The SMILES string of the molecule is COc1ccc(OC(C)c2nnc(SC(C)C(=O)Nc3ccccc3)n2C(C)C)cc1. The van der Waals surface area contributed by atoms with Crippen molar-refractivity contribution in [2.45, 2.75) is 50.2 Å². The van der Waals surface area contributed by atoms with Crippen LogP contribution in [0.4, 0.5) is 5.69 Å². The lowest BCUT2D eigenvalue weighted by Crippen LogP contribution is -2.23. The van der Waals surface area contributed by atoms with Crippen LogP contribution in [0, 0.1) is 0 Å². The molecule has 7 nitrogen and oxygen atoms in total. The molecule has 0 fully saturated rings. The van der Waals surface area contributed by atoms with Gasteiger partial charge in [0.2, 0.25) is 5.91 Å². The van der Waals surface area contributed by atoms with Gasteiger partial charge in [0.15, 0.2) is 17.1 Å². The summed E-state index contributed by atoms with van der Waals surface area (Å²) < 4.78 is 13.3. The predicted octanol–water partition coefficient (Wildman–Crippen LogP) is 5.13. The van der Waals surface area contributed by atoms with Crippen LogP contribution in [0.2, 0.25) is 0 Å². The van der Waals surface area contributed by atoms with E-state index in [0.717, 1.165) is 17.2 Å². The first-order valence-corrected chi connectivity index (χ1v) is 11.0. The number of anilines is 1. The number of rotatable bonds is 9. The Morgan fingerprint density at radius 1 is 0.968 bits per heavy atom. The molecule has 1 heterocycles. The van der Waals surface area contributed by atoms with Gasteiger partial charge in [-0.2, -0.15) is 0 Å². The maximum absolute atomic E-state index is 12.6. The van der Waals surface area contributed by atoms with Gasteiger partial charge in [0.05, 0.1) is 12.4 Å². The first-order valence-electron chi connectivity index (χ1n) is 10.2. The number of carbonyl (C=O) groups excluding carboxylic acids is 1. The van der Waals surface area contributed by atoms with Gasteiger partial charge in [-0.05, 0) is 64.1 Å². The molecule has 0 aliphatic rings. The summed E-state index contributed by atoms with van der Waals surface area (Å²) in [5.41, 5.74) is 0.771. The van der Waals surface area contributed by atoms with Crippen LogP contribution in [0.5, 0.6) is 11.5 Å². The summed E-state index contributed by atoms with van der Waals surface area (Å²) in [4.78, 5) is 12.6. The zero-order valence-electron chi connectivity index (χ0n) is 18.4. The van der Waals surface area contributed by atoms with Gasteiger partial charge in [0.25, 0.3) is 0 Å². The van der Waals surface area contributed by atoms with Crippen molar-refractivity contribution >= 4 is 23.4 Å². The fourth-order valence-electron chi connectivity index (χ4n) is 3.02. The zero-order valence-corrected chi connectivity index (χ0v) is 19.2. The van der Waals surface area contributed by atoms with Gasteiger partial charge in [-0.25, -0.2) is 0 Å². The Kier molecular flexibility index (Phi) is 7.57. The van der Waals surface area contributed by atoms with Crippen LogP contribution in [-0.2, 0) is 4.79 Å². The van der Waals surface area contributed by atoms with Crippen molar-refractivity contribution in [1.82, 2.24) is 14.8 Å². The maximum atomic E-state index is 12.6. The lowest BCUT2D eigenvalue weighted by Gasteiger charge is -2.20. The number of para-hydroxylation sites is 1. The Hall–Kier alpha value is -3.00. The topological polar surface area (TPSA) is 78.3 Å². The molecule has 164 valence electrons. The number of hydrogen-bond acceptors (Lipinski definition) is 6. The first-order chi connectivity index (χ1) is 14.9. The highest BCUT2D eigenvalue weighted by Gasteiger charge is 2.25. The van der Waals surface area contributed by atoms with Crippen LogP contribution >= 0.6 is 11.8 Å². The summed E-state index contributed by atoms with van der Waals surface area (Å²) in [6, 6.07) is 16.9. The van der Waals surface area contributed by atoms with Crippen molar-refractivity contribution in [3.63, 3.8) is 0 Å². The van der Waals surface area contributed by atoms with Gasteiger partial charge < -0.3 is 19.4 Å². The summed E-state index contributed by atoms with van der Waals surface area (Å²) in [6.45, 7) is 7.92. The molecule has 2 atom stereocenters. The minimum Gasteiger partial charge on any atom is -0.497 e. The van der Waals surface area contributed by atoms with Crippen LogP contribution in [0.3, 0.4) is 0 Å². The van der Waals surface area contributed by atoms with Crippen LogP contribution in [0.25, 0.3) is 0 Å². The van der Waals surface area contributed by atoms with Gasteiger partial charge in [-0.1, -0.05) is 30.0 Å². The molecule has 0 radical (unpaired) electrons. The maximum Gasteiger partial charge on any atom is 0.237 e. The van der Waals surface area contributed by atoms with Crippen molar-refractivity contribution in [3.8, 4) is 11.5 Å². The Bertz CT molecular complexity index is 990. The number of methoxy groups -OCH3 is 1. The quantitative estimate of drug-likeness (QED) is 0.465. The van der Waals surface area contributed by atoms with E-state index in [-0.39, 0.29) is 23.3 Å². The second-order valence-corrected chi connectivity index (χ2v) is 8.66. The first kappa shape index (κ1) is 22.7. The Morgan fingerprint density at radius 3 is 2.23 bits per heavy atom. The number of amides is 1. The van der Waals surface area contributed by atoms with Crippen molar-refractivity contribution < 1.29 is 14.3 Å². The lowest BCUT2D eigenvalue weighted by molar-refractivity contribution is -0.115.